The Morgan fingerprint density at radius 2 is 1.73 bits per heavy atom. The van der Waals surface area contributed by atoms with E-state index in [1.165, 1.54) is 19.1 Å². The minimum atomic E-state index is -0.682. The Hall–Kier alpha value is -4.06. The van der Waals surface area contributed by atoms with Crippen molar-refractivity contribution in [3.8, 4) is 11.5 Å². The van der Waals surface area contributed by atoms with Crippen molar-refractivity contribution in [3.05, 3.63) is 88.6 Å². The molecule has 2 bridgehead atoms. The van der Waals surface area contributed by atoms with E-state index < -0.39 is 11.8 Å². The summed E-state index contributed by atoms with van der Waals surface area (Å²) in [4.78, 5) is 28.2. The average molecular weight is 592 g/mol. The van der Waals surface area contributed by atoms with Crippen molar-refractivity contribution in [2.75, 3.05) is 26.6 Å². The molecule has 7 rings (SSSR count). The van der Waals surface area contributed by atoms with E-state index >= 15 is 0 Å². The van der Waals surface area contributed by atoms with Gasteiger partial charge in [0.05, 0.1) is 21.3 Å². The van der Waals surface area contributed by atoms with E-state index in [9.17, 15) is 9.59 Å². The fourth-order valence-electron chi connectivity index (χ4n) is 8.90. The molecular formula is C38H41NO5. The fraction of sp³-hybridized carbons (Fsp3) is 0.421. The van der Waals surface area contributed by atoms with Crippen LogP contribution in [-0.4, -0.2) is 33.1 Å². The number of benzene rings is 3. The summed E-state index contributed by atoms with van der Waals surface area (Å²) in [6.45, 7) is 7.24. The quantitative estimate of drug-likeness (QED) is 0.240. The van der Waals surface area contributed by atoms with Crippen LogP contribution in [0.15, 0.2) is 77.5 Å². The monoisotopic (exact) mass is 591 g/mol. The lowest BCUT2D eigenvalue weighted by Gasteiger charge is -2.41. The number of Topliss-reactive ketones (excluding diaryl/α,β-unsaturated/α-hetero) is 1. The van der Waals surface area contributed by atoms with Gasteiger partial charge < -0.3 is 19.5 Å². The van der Waals surface area contributed by atoms with Crippen molar-refractivity contribution in [1.82, 2.24) is 0 Å². The van der Waals surface area contributed by atoms with E-state index in [4.69, 9.17) is 14.2 Å². The number of rotatable bonds is 5. The van der Waals surface area contributed by atoms with Gasteiger partial charge in [0.2, 0.25) is 0 Å². The summed E-state index contributed by atoms with van der Waals surface area (Å²) in [6.07, 6.45) is 6.07. The number of hydrogen-bond donors (Lipinski definition) is 1. The number of carbonyl (C=O) groups excluding carboxylic acids is 2. The van der Waals surface area contributed by atoms with Gasteiger partial charge in [-0.1, -0.05) is 68.8 Å². The molecule has 3 aromatic rings. The Bertz CT molecular complexity index is 1770. The number of fused-ring (bicyclic) bond motifs is 5. The second-order valence-corrected chi connectivity index (χ2v) is 13.7. The van der Waals surface area contributed by atoms with Crippen molar-refractivity contribution < 1.29 is 23.8 Å². The van der Waals surface area contributed by atoms with Gasteiger partial charge in [0, 0.05) is 35.2 Å². The number of carbonyl (C=O) groups is 2. The maximum atomic E-state index is 14.5. The molecule has 0 saturated heterocycles. The molecule has 1 heterocycles. The lowest BCUT2D eigenvalue weighted by molar-refractivity contribution is -0.145. The van der Waals surface area contributed by atoms with Crippen molar-refractivity contribution in [1.29, 1.82) is 0 Å². The second-order valence-electron chi connectivity index (χ2n) is 13.7. The van der Waals surface area contributed by atoms with Crippen molar-refractivity contribution >= 4 is 28.2 Å². The molecule has 0 radical (unpaired) electrons. The maximum Gasteiger partial charge on any atom is 0.315 e. The van der Waals surface area contributed by atoms with Gasteiger partial charge in [0.25, 0.3) is 0 Å². The molecule has 3 aromatic carbocycles. The number of esters is 1. The van der Waals surface area contributed by atoms with E-state index in [0.29, 0.717) is 28.7 Å². The van der Waals surface area contributed by atoms with Crippen LogP contribution in [0.5, 0.6) is 11.5 Å². The standard InChI is InChI=1S/C38H41NO5/c1-37(2)23-15-16-38(37,3)24(18-23)19-27-32-25-10-8-7-9-21(25)11-13-28(32)39-35-33(27)29(40)20-26(34(35)36(41)44-6)22-12-14-30(42-4)31(17-22)43-5/h7-14,17,19,23,26-27,34,39H,15-16,18,20H2,1-6H3/t23?,26-,27-,34-,38?/m0/s1. The highest BCUT2D eigenvalue weighted by atomic mass is 16.5. The third kappa shape index (κ3) is 3.99. The molecule has 6 heteroatoms. The molecule has 3 aliphatic carbocycles. The highest BCUT2D eigenvalue weighted by molar-refractivity contribution is 6.06. The van der Waals surface area contributed by atoms with E-state index in [-0.39, 0.29) is 34.9 Å². The van der Waals surface area contributed by atoms with Gasteiger partial charge in [-0.15, -0.1) is 0 Å². The molecule has 5 atom stereocenters. The minimum Gasteiger partial charge on any atom is -0.493 e. The number of ketones is 1. The summed E-state index contributed by atoms with van der Waals surface area (Å²) >= 11 is 0. The Kier molecular flexibility index (Phi) is 6.69. The third-order valence-electron chi connectivity index (χ3n) is 11.8. The third-order valence-corrected chi connectivity index (χ3v) is 11.8. The summed E-state index contributed by atoms with van der Waals surface area (Å²) in [6, 6.07) is 18.2. The van der Waals surface area contributed by atoms with Gasteiger partial charge in [0.15, 0.2) is 17.3 Å². The van der Waals surface area contributed by atoms with Crippen LogP contribution in [0.2, 0.25) is 0 Å². The smallest absolute Gasteiger partial charge is 0.315 e. The van der Waals surface area contributed by atoms with E-state index in [2.05, 4.69) is 68.6 Å². The van der Waals surface area contributed by atoms with Gasteiger partial charge in [-0.3, -0.25) is 9.59 Å². The zero-order valence-corrected chi connectivity index (χ0v) is 26.5. The van der Waals surface area contributed by atoms with Crippen LogP contribution >= 0.6 is 0 Å². The molecule has 2 unspecified atom stereocenters. The molecule has 2 fully saturated rings. The van der Waals surface area contributed by atoms with E-state index in [0.717, 1.165) is 40.4 Å². The lowest BCUT2D eigenvalue weighted by Crippen LogP contribution is -2.39. The number of anilines is 1. The van der Waals surface area contributed by atoms with Gasteiger partial charge in [-0.05, 0) is 76.1 Å². The highest BCUT2D eigenvalue weighted by Crippen LogP contribution is 2.68. The van der Waals surface area contributed by atoms with E-state index in [1.807, 2.05) is 18.2 Å². The molecule has 0 amide bonds. The SMILES string of the molecule is COC(=O)[C@@H]1C2=C(C(=O)C[C@H]1c1ccc(OC)c(OC)c1)[C@@H](C=C1CC3CCC1(C)C3(C)C)c1c(ccc3ccccc13)N2. The molecule has 0 aromatic heterocycles. The largest absolute Gasteiger partial charge is 0.493 e. The van der Waals surface area contributed by atoms with Crippen molar-refractivity contribution in [2.45, 2.75) is 58.3 Å². The van der Waals surface area contributed by atoms with Crippen molar-refractivity contribution in [3.63, 3.8) is 0 Å². The summed E-state index contributed by atoms with van der Waals surface area (Å²) in [5.41, 5.74) is 5.96. The number of allylic oxidation sites excluding steroid dienone is 3. The molecule has 44 heavy (non-hydrogen) atoms. The first kappa shape index (κ1) is 28.7. The molecule has 1 aliphatic heterocycles. The van der Waals surface area contributed by atoms with Crippen LogP contribution in [0, 0.1) is 22.7 Å². The molecular weight excluding hydrogens is 550 g/mol. The minimum absolute atomic E-state index is 0.0560. The number of hydrogen-bond acceptors (Lipinski definition) is 6. The topological polar surface area (TPSA) is 73.9 Å². The first-order valence-corrected chi connectivity index (χ1v) is 15.7. The molecule has 4 aliphatic rings. The molecule has 6 nitrogen and oxygen atoms in total. The summed E-state index contributed by atoms with van der Waals surface area (Å²) in [7, 11) is 4.60. The van der Waals surface area contributed by atoms with Gasteiger partial charge in [-0.2, -0.15) is 0 Å². The lowest BCUT2D eigenvalue weighted by atomic mass is 9.65. The molecule has 228 valence electrons. The molecule has 2 saturated carbocycles. The van der Waals surface area contributed by atoms with Gasteiger partial charge >= 0.3 is 5.97 Å². The van der Waals surface area contributed by atoms with Gasteiger partial charge in [-0.25, -0.2) is 0 Å². The van der Waals surface area contributed by atoms with Crippen LogP contribution in [0.4, 0.5) is 5.69 Å². The van der Waals surface area contributed by atoms with Crippen LogP contribution in [0.1, 0.15) is 69.4 Å². The Morgan fingerprint density at radius 1 is 0.955 bits per heavy atom. The van der Waals surface area contributed by atoms with E-state index in [1.54, 1.807) is 14.2 Å². The normalized spacial score (nSPS) is 29.3. The van der Waals surface area contributed by atoms with Crippen LogP contribution in [0.3, 0.4) is 0 Å². The number of nitrogens with one attached hydrogen (secondary N) is 1. The Morgan fingerprint density at radius 3 is 2.41 bits per heavy atom. The maximum absolute atomic E-state index is 14.5. The Labute approximate surface area is 259 Å². The first-order chi connectivity index (χ1) is 21.1. The zero-order valence-electron chi connectivity index (χ0n) is 26.5. The number of ether oxygens (including phenoxy) is 3. The predicted molar refractivity (Wildman–Crippen MR) is 172 cm³/mol. The van der Waals surface area contributed by atoms with Crippen LogP contribution in [-0.2, 0) is 14.3 Å². The predicted octanol–water partition coefficient (Wildman–Crippen LogP) is 7.94. The fourth-order valence-corrected chi connectivity index (χ4v) is 8.90. The van der Waals surface area contributed by atoms with Gasteiger partial charge in [0.1, 0.15) is 5.92 Å². The summed E-state index contributed by atoms with van der Waals surface area (Å²) in [5.74, 6) is 0.123. The highest BCUT2D eigenvalue weighted by Gasteiger charge is 2.59. The first-order valence-electron chi connectivity index (χ1n) is 15.7. The average Bonchev–Trinajstić information content (AvgIpc) is 3.37. The zero-order chi connectivity index (χ0) is 31.0. The van der Waals surface area contributed by atoms with Crippen LogP contribution < -0.4 is 14.8 Å². The number of methoxy groups -OCH3 is 3. The summed E-state index contributed by atoms with van der Waals surface area (Å²) in [5, 5.41) is 5.89. The summed E-state index contributed by atoms with van der Waals surface area (Å²) < 4.78 is 16.5. The van der Waals surface area contributed by atoms with Crippen molar-refractivity contribution in [2.24, 2.45) is 22.7 Å². The van der Waals surface area contributed by atoms with Crippen LogP contribution in [0.25, 0.3) is 10.8 Å². The molecule has 1 N–H and O–H groups in total. The molecule has 0 spiro atoms. The Balaban J connectivity index is 1.44. The second kappa shape index (κ2) is 10.3.